The van der Waals surface area contributed by atoms with Crippen LogP contribution in [0.5, 0.6) is 5.75 Å². The molecule has 2 aromatic carbocycles. The van der Waals surface area contributed by atoms with Gasteiger partial charge in [-0.1, -0.05) is 29.8 Å². The van der Waals surface area contributed by atoms with Crippen LogP contribution < -0.4 is 15.4 Å². The van der Waals surface area contributed by atoms with Gasteiger partial charge < -0.3 is 25.3 Å². The van der Waals surface area contributed by atoms with Crippen LogP contribution in [-0.4, -0.2) is 53.8 Å². The van der Waals surface area contributed by atoms with Crippen LogP contribution in [-0.2, 0) is 16.0 Å². The molecule has 1 aromatic heterocycles. The molecule has 1 saturated heterocycles. The van der Waals surface area contributed by atoms with Crippen LogP contribution >= 0.6 is 11.6 Å². The Morgan fingerprint density at radius 2 is 2.11 bits per heavy atom. The Hall–Kier alpha value is -4.03. The summed E-state index contributed by atoms with van der Waals surface area (Å²) in [7, 11) is 1.57. The monoisotopic (exact) mass is 519 g/mol. The van der Waals surface area contributed by atoms with Crippen molar-refractivity contribution in [2.24, 2.45) is 5.92 Å². The van der Waals surface area contributed by atoms with Gasteiger partial charge in [0.15, 0.2) is 0 Å². The average Bonchev–Trinajstić information content (AvgIpc) is 3.53. The molecule has 9 nitrogen and oxygen atoms in total. The molecule has 3 N–H and O–H groups in total. The number of amides is 3. The molecule has 0 radical (unpaired) electrons. The number of carbonyl (C=O) groups excluding carboxylic acids is 3. The molecule has 1 fully saturated rings. The molecular formula is C27H26ClN5O4. The first-order chi connectivity index (χ1) is 17.9. The lowest BCUT2D eigenvalue weighted by atomic mass is 9.91. The summed E-state index contributed by atoms with van der Waals surface area (Å²) in [5, 5.41) is 16.5. The largest absolute Gasteiger partial charge is 0.496 e. The van der Waals surface area contributed by atoms with Gasteiger partial charge in [-0.25, -0.2) is 0 Å². The van der Waals surface area contributed by atoms with E-state index in [1.165, 1.54) is 4.90 Å². The lowest BCUT2D eigenvalue weighted by Crippen LogP contribution is -2.49. The Bertz CT molecular complexity index is 1430. The van der Waals surface area contributed by atoms with E-state index in [-0.39, 0.29) is 30.7 Å². The molecule has 2 aliphatic heterocycles. The van der Waals surface area contributed by atoms with Gasteiger partial charge in [-0.2, -0.15) is 5.26 Å². The summed E-state index contributed by atoms with van der Waals surface area (Å²) in [5.41, 5.74) is 2.48. The van der Waals surface area contributed by atoms with Crippen molar-refractivity contribution in [3.05, 3.63) is 64.3 Å². The van der Waals surface area contributed by atoms with Crippen molar-refractivity contribution in [2.45, 2.75) is 31.3 Å². The van der Waals surface area contributed by atoms with E-state index in [1.54, 1.807) is 31.4 Å². The van der Waals surface area contributed by atoms with Crippen molar-refractivity contribution in [1.29, 1.82) is 5.26 Å². The van der Waals surface area contributed by atoms with Gasteiger partial charge >= 0.3 is 0 Å². The number of nitriles is 1. The maximum Gasteiger partial charge on any atom is 0.271 e. The highest BCUT2D eigenvalue weighted by atomic mass is 35.5. The van der Waals surface area contributed by atoms with Crippen LogP contribution in [0.15, 0.2) is 42.5 Å². The van der Waals surface area contributed by atoms with Crippen LogP contribution in [0.25, 0.3) is 10.9 Å². The summed E-state index contributed by atoms with van der Waals surface area (Å²) in [4.78, 5) is 44.1. The number of hydrogen-bond donors (Lipinski definition) is 3. The fourth-order valence-electron chi connectivity index (χ4n) is 5.25. The highest BCUT2D eigenvalue weighted by Gasteiger charge is 2.39. The van der Waals surface area contributed by atoms with E-state index in [0.717, 1.165) is 16.5 Å². The molecule has 3 unspecified atom stereocenters. The molecule has 3 aromatic rings. The Kier molecular flexibility index (Phi) is 6.76. The molecule has 0 bridgehead atoms. The number of aromatic amines is 1. The number of halogens is 1. The van der Waals surface area contributed by atoms with E-state index in [0.29, 0.717) is 41.4 Å². The van der Waals surface area contributed by atoms with Crippen LogP contribution in [0.2, 0.25) is 5.02 Å². The maximum atomic E-state index is 13.8. The fourth-order valence-corrected chi connectivity index (χ4v) is 5.53. The van der Waals surface area contributed by atoms with Gasteiger partial charge in [-0.15, -0.1) is 0 Å². The Morgan fingerprint density at radius 3 is 2.84 bits per heavy atom. The summed E-state index contributed by atoms with van der Waals surface area (Å²) in [6.07, 6.45) is 1.31. The molecule has 3 amide bonds. The van der Waals surface area contributed by atoms with E-state index >= 15 is 0 Å². The summed E-state index contributed by atoms with van der Waals surface area (Å²) in [6, 6.07) is 12.7. The smallest absolute Gasteiger partial charge is 0.271 e. The predicted molar refractivity (Wildman–Crippen MR) is 137 cm³/mol. The van der Waals surface area contributed by atoms with Gasteiger partial charge in [0, 0.05) is 34.9 Å². The number of aromatic nitrogens is 1. The number of ether oxygens (including phenoxy) is 1. The van der Waals surface area contributed by atoms with Crippen molar-refractivity contribution >= 4 is 40.2 Å². The second-order valence-corrected chi connectivity index (χ2v) is 9.67. The number of nitrogens with one attached hydrogen (secondary N) is 3. The quantitative estimate of drug-likeness (QED) is 0.461. The summed E-state index contributed by atoms with van der Waals surface area (Å²) < 4.78 is 5.42. The zero-order valence-corrected chi connectivity index (χ0v) is 21.0. The van der Waals surface area contributed by atoms with E-state index in [9.17, 15) is 19.6 Å². The van der Waals surface area contributed by atoms with Crippen molar-refractivity contribution in [1.82, 2.24) is 20.5 Å². The molecule has 0 aliphatic carbocycles. The van der Waals surface area contributed by atoms with Gasteiger partial charge in [0.2, 0.25) is 11.8 Å². The lowest BCUT2D eigenvalue weighted by Gasteiger charge is -2.37. The first-order valence-corrected chi connectivity index (χ1v) is 12.5. The van der Waals surface area contributed by atoms with E-state index in [4.69, 9.17) is 16.3 Å². The molecule has 2 aliphatic rings. The van der Waals surface area contributed by atoms with Crippen molar-refractivity contribution < 1.29 is 19.1 Å². The zero-order chi connectivity index (χ0) is 26.1. The molecule has 37 heavy (non-hydrogen) atoms. The normalized spacial score (nSPS) is 19.6. The van der Waals surface area contributed by atoms with Crippen LogP contribution in [0, 0.1) is 17.2 Å². The molecule has 3 atom stereocenters. The van der Waals surface area contributed by atoms with Gasteiger partial charge in [0.1, 0.15) is 23.5 Å². The number of H-pyrrole nitrogens is 1. The summed E-state index contributed by atoms with van der Waals surface area (Å²) in [6.45, 7) is 0.823. The summed E-state index contributed by atoms with van der Waals surface area (Å²) in [5.74, 6) is -0.666. The van der Waals surface area contributed by atoms with Gasteiger partial charge in [0.25, 0.3) is 5.91 Å². The fraction of sp³-hybridized carbons (Fsp3) is 0.333. The number of fused-ring (bicyclic) bond motifs is 2. The van der Waals surface area contributed by atoms with Gasteiger partial charge in [-0.05, 0) is 54.7 Å². The molecule has 0 saturated carbocycles. The van der Waals surface area contributed by atoms with E-state index < -0.39 is 18.0 Å². The maximum absolute atomic E-state index is 13.8. The highest BCUT2D eigenvalue weighted by molar-refractivity contribution is 6.31. The second kappa shape index (κ2) is 10.1. The number of rotatable bonds is 6. The Balaban J connectivity index is 1.47. The second-order valence-electron chi connectivity index (χ2n) is 9.27. The van der Waals surface area contributed by atoms with Gasteiger partial charge in [0.05, 0.1) is 13.2 Å². The standard InChI is InChI=1S/C27H26ClN5O4/c1-37-23-7-3-6-21-19(23)13-22(32-21)27(36)33-11-9-17-18(4-2-5-20(17)28)24(33)26(35)31-16(14-29)12-15-8-10-30-25(15)34/h2-7,13,15-16,24,32H,8-12H2,1H3,(H,30,34)(H,31,35). The Labute approximate surface area is 218 Å². The van der Waals surface area contributed by atoms with E-state index in [2.05, 4.69) is 21.7 Å². The first kappa shape index (κ1) is 24.7. The first-order valence-electron chi connectivity index (χ1n) is 12.1. The van der Waals surface area contributed by atoms with Crippen LogP contribution in [0.4, 0.5) is 0 Å². The third-order valence-electron chi connectivity index (χ3n) is 7.10. The molecule has 5 rings (SSSR count). The minimum atomic E-state index is -0.989. The molecule has 0 spiro atoms. The lowest BCUT2D eigenvalue weighted by molar-refractivity contribution is -0.127. The van der Waals surface area contributed by atoms with Crippen LogP contribution in [0.1, 0.15) is 40.5 Å². The molecule has 190 valence electrons. The molecule has 3 heterocycles. The average molecular weight is 520 g/mol. The third-order valence-corrected chi connectivity index (χ3v) is 7.46. The predicted octanol–water partition coefficient (Wildman–Crippen LogP) is 3.10. The number of methoxy groups -OCH3 is 1. The van der Waals surface area contributed by atoms with Crippen LogP contribution in [0.3, 0.4) is 0 Å². The number of hydrogen-bond acceptors (Lipinski definition) is 5. The highest BCUT2D eigenvalue weighted by Crippen LogP contribution is 2.36. The minimum Gasteiger partial charge on any atom is -0.496 e. The summed E-state index contributed by atoms with van der Waals surface area (Å²) >= 11 is 6.45. The van der Waals surface area contributed by atoms with E-state index in [1.807, 2.05) is 18.2 Å². The van der Waals surface area contributed by atoms with Gasteiger partial charge in [-0.3, -0.25) is 14.4 Å². The molecule has 10 heteroatoms. The number of carbonyl (C=O) groups is 3. The topological polar surface area (TPSA) is 127 Å². The van der Waals surface area contributed by atoms with Crippen molar-refractivity contribution in [3.63, 3.8) is 0 Å². The number of benzene rings is 2. The Morgan fingerprint density at radius 1 is 1.30 bits per heavy atom. The molecular weight excluding hydrogens is 494 g/mol. The van der Waals surface area contributed by atoms with Crippen molar-refractivity contribution in [2.75, 3.05) is 20.2 Å². The zero-order valence-electron chi connectivity index (χ0n) is 20.2. The van der Waals surface area contributed by atoms with Crippen molar-refractivity contribution in [3.8, 4) is 11.8 Å². The third kappa shape index (κ3) is 4.60. The minimum absolute atomic E-state index is 0.115. The SMILES string of the molecule is COc1cccc2[nH]c(C(=O)N3CCc4c(Cl)cccc4C3C(=O)NC(C#N)CC3CCNC3=O)cc12. The number of nitrogens with zero attached hydrogens (tertiary/aromatic N) is 2.